The molecule has 30 heavy (non-hydrogen) atoms. The molecule has 154 valence electrons. The number of hydrogen-bond donors (Lipinski definition) is 1. The lowest BCUT2D eigenvalue weighted by molar-refractivity contribution is 0.280. The Balaban J connectivity index is 1.15. The summed E-state index contributed by atoms with van der Waals surface area (Å²) in [5.41, 5.74) is 5.40. The highest BCUT2D eigenvalue weighted by molar-refractivity contribution is 5.69. The second-order valence-corrected chi connectivity index (χ2v) is 8.66. The number of benzene rings is 1. The molecule has 3 aliphatic rings. The molecule has 0 unspecified atom stereocenters. The summed E-state index contributed by atoms with van der Waals surface area (Å²) in [4.78, 5) is 6.82. The van der Waals surface area contributed by atoms with Crippen molar-refractivity contribution in [3.05, 3.63) is 54.4 Å². The molecule has 1 N–H and O–H groups in total. The zero-order valence-corrected chi connectivity index (χ0v) is 17.1. The second-order valence-electron chi connectivity index (χ2n) is 8.66. The lowest BCUT2D eigenvalue weighted by Crippen LogP contribution is -2.48. The highest BCUT2D eigenvalue weighted by atomic mass is 16.5. The van der Waals surface area contributed by atoms with Gasteiger partial charge >= 0.3 is 0 Å². The van der Waals surface area contributed by atoms with Crippen LogP contribution < -0.4 is 15.0 Å². The molecule has 6 nitrogen and oxygen atoms in total. The average molecular weight is 402 g/mol. The van der Waals surface area contributed by atoms with Gasteiger partial charge in [-0.15, -0.1) is 0 Å². The third-order valence-corrected chi connectivity index (χ3v) is 6.73. The summed E-state index contributed by atoms with van der Waals surface area (Å²) in [6.07, 6.45) is 10.4. The molecule has 1 saturated carbocycles. The van der Waals surface area contributed by atoms with E-state index in [2.05, 4.69) is 45.7 Å². The Hall–Kier alpha value is -2.86. The first kappa shape index (κ1) is 18.0. The Morgan fingerprint density at radius 2 is 1.70 bits per heavy atom. The summed E-state index contributed by atoms with van der Waals surface area (Å²) in [5, 5.41) is 8.67. The highest BCUT2D eigenvalue weighted by Crippen LogP contribution is 2.35. The van der Waals surface area contributed by atoms with Crippen molar-refractivity contribution >= 4 is 5.69 Å². The topological polar surface area (TPSA) is 55.2 Å². The molecule has 6 rings (SSSR count). The molecule has 4 heterocycles. The number of rotatable bonds is 4. The second kappa shape index (κ2) is 7.43. The van der Waals surface area contributed by atoms with Gasteiger partial charge in [-0.05, 0) is 62.1 Å². The number of aromatic nitrogens is 3. The van der Waals surface area contributed by atoms with Crippen molar-refractivity contribution in [2.75, 3.05) is 18.0 Å². The van der Waals surface area contributed by atoms with Crippen LogP contribution in [0, 0.1) is 0 Å². The van der Waals surface area contributed by atoms with E-state index in [1.54, 1.807) is 6.20 Å². The number of nitrogens with one attached hydrogen (secondary N) is 1. The van der Waals surface area contributed by atoms with Gasteiger partial charge in [0.05, 0.1) is 11.3 Å². The molecule has 0 bridgehead atoms. The van der Waals surface area contributed by atoms with Gasteiger partial charge in [-0.1, -0.05) is 6.42 Å². The molecule has 0 atom stereocenters. The number of ether oxygens (including phenoxy) is 1. The number of hydrogen-bond acceptors (Lipinski definition) is 5. The summed E-state index contributed by atoms with van der Waals surface area (Å²) in [7, 11) is 0. The van der Waals surface area contributed by atoms with Gasteiger partial charge in [0.15, 0.2) is 0 Å². The van der Waals surface area contributed by atoms with Crippen LogP contribution in [0.1, 0.15) is 37.7 Å². The van der Waals surface area contributed by atoms with Crippen molar-refractivity contribution in [2.45, 2.75) is 50.8 Å². The molecular weight excluding hydrogens is 374 g/mol. The summed E-state index contributed by atoms with van der Waals surface area (Å²) in [5.74, 6) is 0.667. The molecule has 1 aromatic carbocycles. The Morgan fingerprint density at radius 3 is 2.47 bits per heavy atom. The number of piperidine rings is 1. The summed E-state index contributed by atoms with van der Waals surface area (Å²) < 4.78 is 7.72. The van der Waals surface area contributed by atoms with Gasteiger partial charge < -0.3 is 15.0 Å². The van der Waals surface area contributed by atoms with Gasteiger partial charge in [0.25, 0.3) is 0 Å². The Morgan fingerprint density at radius 1 is 0.933 bits per heavy atom. The largest absolute Gasteiger partial charge is 0.472 e. The first-order chi connectivity index (χ1) is 14.8. The van der Waals surface area contributed by atoms with E-state index >= 15 is 0 Å². The molecule has 0 radical (unpaired) electrons. The Kier molecular flexibility index (Phi) is 4.45. The monoisotopic (exact) mass is 401 g/mol. The molecule has 1 aliphatic carbocycles. The van der Waals surface area contributed by atoms with E-state index in [0.29, 0.717) is 18.5 Å². The Bertz CT molecular complexity index is 1030. The van der Waals surface area contributed by atoms with Crippen LogP contribution in [0.2, 0.25) is 0 Å². The minimum atomic E-state index is 0.515. The fraction of sp³-hybridized carbons (Fsp3) is 0.417. The average Bonchev–Trinajstić information content (AvgIpc) is 3.22. The zero-order valence-electron chi connectivity index (χ0n) is 17.1. The van der Waals surface area contributed by atoms with Crippen molar-refractivity contribution < 1.29 is 4.74 Å². The standard InChI is InChI=1S/C24H27N5O/c1-3-18(4-1)26-19-10-13-28(14-11-19)20-6-8-21(9-7-20)29-15-17-16-30-24-22(23(17)27-29)5-2-12-25-24/h2,5-9,12,15,18-19,26H,1,3-4,10-11,13-14,16H2. The fourth-order valence-corrected chi connectivity index (χ4v) is 4.74. The maximum absolute atomic E-state index is 5.76. The van der Waals surface area contributed by atoms with Crippen molar-refractivity contribution in [3.8, 4) is 22.8 Å². The van der Waals surface area contributed by atoms with Crippen LogP contribution in [0.5, 0.6) is 5.88 Å². The van der Waals surface area contributed by atoms with Crippen LogP contribution in [0.3, 0.4) is 0 Å². The van der Waals surface area contributed by atoms with Crippen LogP contribution in [-0.2, 0) is 6.61 Å². The molecule has 3 aromatic rings. The van der Waals surface area contributed by atoms with Gasteiger partial charge in [-0.25, -0.2) is 9.67 Å². The first-order valence-corrected chi connectivity index (χ1v) is 11.1. The molecule has 0 spiro atoms. The molecular formula is C24H27N5O. The number of nitrogens with zero attached hydrogens (tertiary/aromatic N) is 4. The zero-order chi connectivity index (χ0) is 19.9. The van der Waals surface area contributed by atoms with Crippen LogP contribution in [0.25, 0.3) is 16.9 Å². The van der Waals surface area contributed by atoms with Crippen LogP contribution in [0.4, 0.5) is 5.69 Å². The predicted octanol–water partition coefficient (Wildman–Crippen LogP) is 3.94. The molecule has 1 saturated heterocycles. The summed E-state index contributed by atoms with van der Waals surface area (Å²) >= 11 is 0. The number of anilines is 1. The first-order valence-electron chi connectivity index (χ1n) is 11.1. The number of pyridine rings is 1. The fourth-order valence-electron chi connectivity index (χ4n) is 4.74. The van der Waals surface area contributed by atoms with E-state index in [1.165, 1.54) is 37.8 Å². The maximum atomic E-state index is 5.76. The third-order valence-electron chi connectivity index (χ3n) is 6.73. The normalized spacial score (nSPS) is 19.0. The van der Waals surface area contributed by atoms with E-state index in [9.17, 15) is 0 Å². The highest BCUT2D eigenvalue weighted by Gasteiger charge is 2.25. The number of fused-ring (bicyclic) bond motifs is 3. The minimum Gasteiger partial charge on any atom is -0.472 e. The maximum Gasteiger partial charge on any atom is 0.223 e. The van der Waals surface area contributed by atoms with Gasteiger partial charge in [0.2, 0.25) is 5.88 Å². The molecule has 2 fully saturated rings. The van der Waals surface area contributed by atoms with Gasteiger partial charge in [0.1, 0.15) is 12.3 Å². The Labute approximate surface area is 176 Å². The molecule has 2 aromatic heterocycles. The molecule has 0 amide bonds. The minimum absolute atomic E-state index is 0.515. The summed E-state index contributed by atoms with van der Waals surface area (Å²) in [6.45, 7) is 2.77. The van der Waals surface area contributed by atoms with Crippen molar-refractivity contribution in [1.29, 1.82) is 0 Å². The van der Waals surface area contributed by atoms with Gasteiger partial charge in [-0.3, -0.25) is 0 Å². The van der Waals surface area contributed by atoms with Crippen molar-refractivity contribution in [1.82, 2.24) is 20.1 Å². The van der Waals surface area contributed by atoms with E-state index in [4.69, 9.17) is 9.84 Å². The smallest absolute Gasteiger partial charge is 0.223 e. The predicted molar refractivity (Wildman–Crippen MR) is 117 cm³/mol. The lowest BCUT2D eigenvalue weighted by atomic mass is 9.91. The third kappa shape index (κ3) is 3.25. The molecule has 6 heteroatoms. The summed E-state index contributed by atoms with van der Waals surface area (Å²) in [6, 6.07) is 14.2. The quantitative estimate of drug-likeness (QED) is 0.718. The van der Waals surface area contributed by atoms with Crippen molar-refractivity contribution in [3.63, 3.8) is 0 Å². The van der Waals surface area contributed by atoms with Crippen LogP contribution >= 0.6 is 0 Å². The molecule has 2 aliphatic heterocycles. The van der Waals surface area contributed by atoms with Gasteiger partial charge in [0, 0.05) is 48.8 Å². The SMILES string of the molecule is c1cnc2c(c1)-c1nn(-c3ccc(N4CCC(NC5CCC5)CC4)cc3)cc1CO2. The lowest BCUT2D eigenvalue weighted by Gasteiger charge is -2.38. The van der Waals surface area contributed by atoms with Crippen LogP contribution in [0.15, 0.2) is 48.8 Å². The van der Waals surface area contributed by atoms with E-state index in [-0.39, 0.29) is 0 Å². The van der Waals surface area contributed by atoms with Crippen LogP contribution in [-0.4, -0.2) is 39.9 Å². The van der Waals surface area contributed by atoms with E-state index < -0.39 is 0 Å². The van der Waals surface area contributed by atoms with Gasteiger partial charge in [-0.2, -0.15) is 5.10 Å². The van der Waals surface area contributed by atoms with E-state index in [0.717, 1.165) is 41.6 Å². The van der Waals surface area contributed by atoms with Crippen molar-refractivity contribution in [2.24, 2.45) is 0 Å². The van der Waals surface area contributed by atoms with E-state index in [1.807, 2.05) is 16.8 Å².